The van der Waals surface area contributed by atoms with E-state index in [4.69, 9.17) is 23.2 Å². The summed E-state index contributed by atoms with van der Waals surface area (Å²) in [6, 6.07) is 15.0. The monoisotopic (exact) mass is 405 g/mol. The van der Waals surface area contributed by atoms with Gasteiger partial charge in [0.1, 0.15) is 0 Å². The number of nitrogens with one attached hydrogen (secondary N) is 2. The number of piperidine rings is 1. The van der Waals surface area contributed by atoms with E-state index in [1.807, 2.05) is 18.2 Å². The summed E-state index contributed by atoms with van der Waals surface area (Å²) in [6.07, 6.45) is 1.63. The summed E-state index contributed by atoms with van der Waals surface area (Å²) in [7, 11) is 0. The number of anilines is 1. The van der Waals surface area contributed by atoms with Crippen molar-refractivity contribution in [2.75, 3.05) is 18.4 Å². The van der Waals surface area contributed by atoms with Gasteiger partial charge < -0.3 is 10.6 Å². The molecule has 3 rings (SSSR count). The highest BCUT2D eigenvalue weighted by atomic mass is 35.5. The number of amides is 2. The van der Waals surface area contributed by atoms with Gasteiger partial charge in [0.25, 0.3) is 0 Å². The van der Waals surface area contributed by atoms with E-state index in [0.29, 0.717) is 10.7 Å². The molecule has 2 aromatic carbocycles. The van der Waals surface area contributed by atoms with E-state index in [0.717, 1.165) is 32.5 Å². The van der Waals surface area contributed by atoms with Crippen LogP contribution in [0.4, 0.5) is 5.69 Å². The molecule has 142 valence electrons. The van der Waals surface area contributed by atoms with Crippen LogP contribution in [0.15, 0.2) is 48.5 Å². The van der Waals surface area contributed by atoms with Crippen molar-refractivity contribution in [2.24, 2.45) is 0 Å². The lowest BCUT2D eigenvalue weighted by Gasteiger charge is -2.32. The molecule has 0 aliphatic carbocycles. The minimum atomic E-state index is -0.731. The molecular formula is C20H21Cl2N3O2. The van der Waals surface area contributed by atoms with Gasteiger partial charge in [-0.25, -0.2) is 0 Å². The number of likely N-dealkylation sites (tertiary alicyclic amines) is 1. The predicted molar refractivity (Wildman–Crippen MR) is 108 cm³/mol. The second kappa shape index (κ2) is 9.22. The Bertz CT molecular complexity index is 806. The fourth-order valence-electron chi connectivity index (χ4n) is 3.10. The van der Waals surface area contributed by atoms with Crippen molar-refractivity contribution in [1.29, 1.82) is 0 Å². The Kier molecular flexibility index (Phi) is 6.72. The van der Waals surface area contributed by atoms with Gasteiger partial charge in [0.2, 0.25) is 0 Å². The minimum absolute atomic E-state index is 0.00374. The van der Waals surface area contributed by atoms with Gasteiger partial charge in [-0.05, 0) is 36.6 Å². The molecule has 1 fully saturated rings. The van der Waals surface area contributed by atoms with Gasteiger partial charge >= 0.3 is 11.8 Å². The number of rotatable bonds is 4. The Hall–Kier alpha value is -2.08. The summed E-state index contributed by atoms with van der Waals surface area (Å²) in [5, 5.41) is 6.08. The van der Waals surface area contributed by atoms with E-state index in [2.05, 4.69) is 27.7 Å². The maximum absolute atomic E-state index is 12.2. The Balaban J connectivity index is 1.45. The molecular weight excluding hydrogens is 385 g/mol. The van der Waals surface area contributed by atoms with Crippen LogP contribution in [0.3, 0.4) is 0 Å². The van der Waals surface area contributed by atoms with Crippen LogP contribution in [0, 0.1) is 0 Å². The van der Waals surface area contributed by atoms with E-state index in [-0.39, 0.29) is 11.1 Å². The highest BCUT2D eigenvalue weighted by Gasteiger charge is 2.23. The molecule has 1 aliphatic heterocycles. The van der Waals surface area contributed by atoms with Crippen LogP contribution >= 0.6 is 23.2 Å². The maximum Gasteiger partial charge on any atom is 0.313 e. The molecule has 0 aromatic heterocycles. The van der Waals surface area contributed by atoms with Crippen molar-refractivity contribution >= 4 is 40.7 Å². The number of halogens is 2. The first kappa shape index (κ1) is 19.7. The number of hydrogen-bond donors (Lipinski definition) is 2. The molecule has 2 N–H and O–H groups in total. The van der Waals surface area contributed by atoms with Crippen LogP contribution in [-0.2, 0) is 16.1 Å². The molecule has 1 heterocycles. The summed E-state index contributed by atoms with van der Waals surface area (Å²) >= 11 is 11.8. The van der Waals surface area contributed by atoms with Gasteiger partial charge in [0, 0.05) is 30.7 Å². The number of nitrogens with zero attached hydrogens (tertiary/aromatic N) is 1. The summed E-state index contributed by atoms with van der Waals surface area (Å²) in [4.78, 5) is 26.6. The fourth-order valence-corrected chi connectivity index (χ4v) is 3.55. The molecule has 0 saturated carbocycles. The second-order valence-corrected chi connectivity index (χ2v) is 7.43. The third-order valence-electron chi connectivity index (χ3n) is 4.56. The zero-order valence-electron chi connectivity index (χ0n) is 14.8. The van der Waals surface area contributed by atoms with E-state index < -0.39 is 11.8 Å². The van der Waals surface area contributed by atoms with Crippen molar-refractivity contribution in [1.82, 2.24) is 10.2 Å². The molecule has 0 radical (unpaired) electrons. The van der Waals surface area contributed by atoms with Crippen molar-refractivity contribution in [3.63, 3.8) is 0 Å². The van der Waals surface area contributed by atoms with Crippen molar-refractivity contribution in [3.8, 4) is 0 Å². The maximum atomic E-state index is 12.2. The summed E-state index contributed by atoms with van der Waals surface area (Å²) in [6.45, 7) is 2.66. The topological polar surface area (TPSA) is 61.4 Å². The molecule has 2 aromatic rings. The van der Waals surface area contributed by atoms with Gasteiger partial charge in [-0.3, -0.25) is 14.5 Å². The third kappa shape index (κ3) is 5.70. The summed E-state index contributed by atoms with van der Waals surface area (Å²) < 4.78 is 0. The smallest absolute Gasteiger partial charge is 0.313 e. The zero-order chi connectivity index (χ0) is 19.2. The average molecular weight is 406 g/mol. The molecule has 1 aliphatic rings. The molecule has 1 saturated heterocycles. The normalized spacial score (nSPS) is 15.3. The van der Waals surface area contributed by atoms with Gasteiger partial charge in [-0.2, -0.15) is 0 Å². The Morgan fingerprint density at radius 1 is 1.00 bits per heavy atom. The first-order valence-corrected chi connectivity index (χ1v) is 9.60. The molecule has 5 nitrogen and oxygen atoms in total. The minimum Gasteiger partial charge on any atom is -0.345 e. The molecule has 2 amide bonds. The predicted octanol–water partition coefficient (Wildman–Crippen LogP) is 3.71. The first-order chi connectivity index (χ1) is 13.0. The summed E-state index contributed by atoms with van der Waals surface area (Å²) in [5.74, 6) is -1.38. The van der Waals surface area contributed by atoms with Gasteiger partial charge in [-0.1, -0.05) is 53.5 Å². The lowest BCUT2D eigenvalue weighted by Crippen LogP contribution is -2.47. The number of carbonyl (C=O) groups is 2. The Labute approximate surface area is 168 Å². The van der Waals surface area contributed by atoms with E-state index >= 15 is 0 Å². The van der Waals surface area contributed by atoms with Crippen molar-refractivity contribution in [3.05, 3.63) is 64.1 Å². The fraction of sp³-hybridized carbons (Fsp3) is 0.300. The van der Waals surface area contributed by atoms with Crippen molar-refractivity contribution < 1.29 is 9.59 Å². The largest absolute Gasteiger partial charge is 0.345 e. The van der Waals surface area contributed by atoms with Crippen LogP contribution in [0.1, 0.15) is 18.4 Å². The second-order valence-electron chi connectivity index (χ2n) is 6.59. The third-order valence-corrected chi connectivity index (χ3v) is 5.11. The zero-order valence-corrected chi connectivity index (χ0v) is 16.3. The Morgan fingerprint density at radius 2 is 1.70 bits per heavy atom. The van der Waals surface area contributed by atoms with Gasteiger partial charge in [-0.15, -0.1) is 0 Å². The van der Waals surface area contributed by atoms with E-state index in [1.54, 1.807) is 12.1 Å². The van der Waals surface area contributed by atoms with Crippen LogP contribution in [0.2, 0.25) is 10.0 Å². The quantitative estimate of drug-likeness (QED) is 0.761. The van der Waals surface area contributed by atoms with Crippen LogP contribution in [0.25, 0.3) is 0 Å². The van der Waals surface area contributed by atoms with E-state index in [1.165, 1.54) is 11.6 Å². The Morgan fingerprint density at radius 3 is 2.37 bits per heavy atom. The van der Waals surface area contributed by atoms with E-state index in [9.17, 15) is 9.59 Å². The highest BCUT2D eigenvalue weighted by molar-refractivity contribution is 6.42. The molecule has 0 unspecified atom stereocenters. The lowest BCUT2D eigenvalue weighted by molar-refractivity contribution is -0.136. The van der Waals surface area contributed by atoms with Crippen molar-refractivity contribution in [2.45, 2.75) is 25.4 Å². The molecule has 7 heteroatoms. The molecule has 0 spiro atoms. The van der Waals surface area contributed by atoms with Gasteiger partial charge in [0.05, 0.1) is 10.7 Å². The van der Waals surface area contributed by atoms with Crippen LogP contribution in [0.5, 0.6) is 0 Å². The first-order valence-electron chi connectivity index (χ1n) is 8.84. The number of carbonyl (C=O) groups excluding carboxylic acids is 2. The van der Waals surface area contributed by atoms with Crippen LogP contribution < -0.4 is 10.6 Å². The molecule has 27 heavy (non-hydrogen) atoms. The molecule has 0 bridgehead atoms. The number of benzene rings is 2. The summed E-state index contributed by atoms with van der Waals surface area (Å²) in [5.41, 5.74) is 1.64. The SMILES string of the molecule is O=C(Nc1ccc(Cl)cc1Cl)C(=O)NC1CCN(Cc2ccccc2)CC1. The standard InChI is InChI=1S/C20H21Cl2N3O2/c21-15-6-7-18(17(22)12-15)24-20(27)19(26)23-16-8-10-25(11-9-16)13-14-4-2-1-3-5-14/h1-7,12,16H,8-11,13H2,(H,23,26)(H,24,27). The highest BCUT2D eigenvalue weighted by Crippen LogP contribution is 2.25. The van der Waals surface area contributed by atoms with Crippen LogP contribution in [-0.4, -0.2) is 35.8 Å². The average Bonchev–Trinajstić information content (AvgIpc) is 2.66. The van der Waals surface area contributed by atoms with Gasteiger partial charge in [0.15, 0.2) is 0 Å². The number of hydrogen-bond acceptors (Lipinski definition) is 3. The molecule has 0 atom stereocenters. The lowest BCUT2D eigenvalue weighted by atomic mass is 10.0.